The number of rotatable bonds is 4. The van der Waals surface area contributed by atoms with Crippen molar-refractivity contribution in [2.75, 3.05) is 26.1 Å². The number of carbonyl (C=O) groups excluding carboxylic acids is 2. The zero-order valence-electron chi connectivity index (χ0n) is 15.2. The molecule has 0 unspecified atom stereocenters. The van der Waals surface area contributed by atoms with Crippen LogP contribution in [-0.4, -0.2) is 32.8 Å². The number of methoxy groups -OCH3 is 2. The molecule has 0 radical (unpaired) electrons. The number of halogens is 2. The fourth-order valence-corrected chi connectivity index (χ4v) is 2.94. The Kier molecular flexibility index (Phi) is 5.62. The number of amides is 2. The molecule has 0 saturated carbocycles. The van der Waals surface area contributed by atoms with Crippen LogP contribution in [0.15, 0.2) is 30.3 Å². The molecular formula is C19H18F2N2O5. The van der Waals surface area contributed by atoms with Crippen molar-refractivity contribution in [3.63, 3.8) is 0 Å². The van der Waals surface area contributed by atoms with Crippen LogP contribution in [0.25, 0.3) is 0 Å². The van der Waals surface area contributed by atoms with Crippen molar-refractivity contribution in [2.24, 2.45) is 0 Å². The molecule has 2 N–H and O–H groups in total. The fourth-order valence-electron chi connectivity index (χ4n) is 2.94. The van der Waals surface area contributed by atoms with Gasteiger partial charge in [-0.3, -0.25) is 4.79 Å². The summed E-state index contributed by atoms with van der Waals surface area (Å²) < 4.78 is 42.9. The van der Waals surface area contributed by atoms with E-state index in [-0.39, 0.29) is 29.2 Å². The van der Waals surface area contributed by atoms with Crippen molar-refractivity contribution in [3.05, 3.63) is 53.1 Å². The number of ether oxygens (including phenoxy) is 3. The Bertz CT molecular complexity index is 919. The van der Waals surface area contributed by atoms with Gasteiger partial charge in [0.2, 0.25) is 0 Å². The molecule has 2 aromatic rings. The summed E-state index contributed by atoms with van der Waals surface area (Å²) in [6.07, 6.45) is -0.398. The highest BCUT2D eigenvalue weighted by Crippen LogP contribution is 2.37. The maximum atomic E-state index is 14.4. The van der Waals surface area contributed by atoms with Crippen LogP contribution in [0.5, 0.6) is 11.5 Å². The first-order valence-corrected chi connectivity index (χ1v) is 8.39. The van der Waals surface area contributed by atoms with Crippen LogP contribution in [0.4, 0.5) is 19.3 Å². The quantitative estimate of drug-likeness (QED) is 0.833. The topological polar surface area (TPSA) is 85.9 Å². The fraction of sp³-hybridized carbons (Fsp3) is 0.263. The second kappa shape index (κ2) is 8.12. The average Bonchev–Trinajstić information content (AvgIpc) is 2.69. The summed E-state index contributed by atoms with van der Waals surface area (Å²) in [7, 11) is 2.51. The molecule has 0 aromatic heterocycles. The smallest absolute Gasteiger partial charge is 0.407 e. The summed E-state index contributed by atoms with van der Waals surface area (Å²) in [5.74, 6) is -1.75. The van der Waals surface area contributed by atoms with E-state index in [1.165, 1.54) is 32.4 Å². The molecule has 148 valence electrons. The Balaban J connectivity index is 1.91. The van der Waals surface area contributed by atoms with Crippen LogP contribution in [0.1, 0.15) is 28.4 Å². The number of fused-ring (bicyclic) bond motifs is 1. The van der Waals surface area contributed by atoms with Gasteiger partial charge in [-0.25, -0.2) is 13.6 Å². The zero-order chi connectivity index (χ0) is 20.3. The van der Waals surface area contributed by atoms with Crippen LogP contribution < -0.4 is 20.1 Å². The maximum absolute atomic E-state index is 14.4. The summed E-state index contributed by atoms with van der Waals surface area (Å²) in [5.41, 5.74) is 0.443. The van der Waals surface area contributed by atoms with Gasteiger partial charge in [-0.1, -0.05) is 0 Å². The number of alkyl carbamates (subject to hydrolysis) is 1. The Morgan fingerprint density at radius 1 is 1.14 bits per heavy atom. The molecule has 0 aliphatic carbocycles. The van der Waals surface area contributed by atoms with Crippen LogP contribution in [0, 0.1) is 11.6 Å². The molecule has 1 atom stereocenters. The third-order valence-electron chi connectivity index (χ3n) is 4.28. The van der Waals surface area contributed by atoms with E-state index in [1.54, 1.807) is 0 Å². The first-order valence-electron chi connectivity index (χ1n) is 8.39. The highest BCUT2D eigenvalue weighted by atomic mass is 19.1. The molecule has 7 nitrogen and oxygen atoms in total. The highest BCUT2D eigenvalue weighted by molar-refractivity contribution is 6.06. The molecule has 0 spiro atoms. The largest absolute Gasteiger partial charge is 0.494 e. The van der Waals surface area contributed by atoms with E-state index in [9.17, 15) is 18.4 Å². The standard InChI is InChI=1S/C19H18F2N2O5/c1-26-15-9-10(3-5-12(15)20)22-18(24)11-4-6-13(21)16-14(23-19(25)27-2)7-8-28-17(11)16/h3-6,9,14H,7-8H2,1-2H3,(H,22,24)(H,23,25)/t14-/m0/s1. The van der Waals surface area contributed by atoms with Crippen LogP contribution in [0.3, 0.4) is 0 Å². The number of hydrogen-bond acceptors (Lipinski definition) is 5. The first kappa shape index (κ1) is 19.4. The molecule has 2 aromatic carbocycles. The number of benzene rings is 2. The third-order valence-corrected chi connectivity index (χ3v) is 4.28. The lowest BCUT2D eigenvalue weighted by Crippen LogP contribution is -2.33. The van der Waals surface area contributed by atoms with Gasteiger partial charge in [-0.15, -0.1) is 0 Å². The molecule has 9 heteroatoms. The van der Waals surface area contributed by atoms with Gasteiger partial charge in [0.1, 0.15) is 11.6 Å². The van der Waals surface area contributed by atoms with Crippen LogP contribution in [-0.2, 0) is 4.74 Å². The molecule has 3 rings (SSSR count). The summed E-state index contributed by atoms with van der Waals surface area (Å²) in [5, 5.41) is 5.13. The number of nitrogens with one attached hydrogen (secondary N) is 2. The van der Waals surface area contributed by atoms with Gasteiger partial charge in [0.05, 0.1) is 38.0 Å². The highest BCUT2D eigenvalue weighted by Gasteiger charge is 2.30. The van der Waals surface area contributed by atoms with Crippen LogP contribution in [0.2, 0.25) is 0 Å². The monoisotopic (exact) mass is 392 g/mol. The number of carbonyl (C=O) groups is 2. The summed E-state index contributed by atoms with van der Waals surface area (Å²) in [4.78, 5) is 24.2. The summed E-state index contributed by atoms with van der Waals surface area (Å²) in [6.45, 7) is 0.176. The Morgan fingerprint density at radius 3 is 2.61 bits per heavy atom. The number of hydrogen-bond donors (Lipinski definition) is 2. The van der Waals surface area contributed by atoms with E-state index >= 15 is 0 Å². The van der Waals surface area contributed by atoms with E-state index in [0.29, 0.717) is 12.1 Å². The zero-order valence-corrected chi connectivity index (χ0v) is 15.2. The van der Waals surface area contributed by atoms with E-state index in [0.717, 1.165) is 12.1 Å². The molecule has 28 heavy (non-hydrogen) atoms. The van der Waals surface area contributed by atoms with E-state index < -0.39 is 29.7 Å². The minimum Gasteiger partial charge on any atom is -0.494 e. The van der Waals surface area contributed by atoms with Gasteiger partial charge in [0, 0.05) is 18.2 Å². The summed E-state index contributed by atoms with van der Waals surface area (Å²) >= 11 is 0. The second-order valence-corrected chi connectivity index (χ2v) is 5.97. The molecule has 0 saturated heterocycles. The first-order chi connectivity index (χ1) is 13.4. The van der Waals surface area contributed by atoms with Crippen molar-refractivity contribution < 1.29 is 32.6 Å². The SMILES string of the molecule is COC(=O)N[C@H]1CCOc2c(C(=O)Nc3ccc(F)c(OC)c3)ccc(F)c21. The van der Waals surface area contributed by atoms with Crippen molar-refractivity contribution in [3.8, 4) is 11.5 Å². The molecular weight excluding hydrogens is 374 g/mol. The molecule has 2 amide bonds. The molecule has 0 fully saturated rings. The Labute approximate surface area is 159 Å². The number of anilines is 1. The summed E-state index contributed by atoms with van der Waals surface area (Å²) in [6, 6.07) is 5.56. The maximum Gasteiger partial charge on any atom is 0.407 e. The average molecular weight is 392 g/mol. The van der Waals surface area contributed by atoms with Gasteiger partial charge in [-0.2, -0.15) is 0 Å². The lowest BCUT2D eigenvalue weighted by Gasteiger charge is -2.28. The minimum atomic E-state index is -0.717. The van der Waals surface area contributed by atoms with Gasteiger partial charge in [0.25, 0.3) is 5.91 Å². The van der Waals surface area contributed by atoms with E-state index in [2.05, 4.69) is 15.4 Å². The molecule has 1 aliphatic rings. The minimum absolute atomic E-state index is 0.0301. The van der Waals surface area contributed by atoms with Crippen molar-refractivity contribution >= 4 is 17.7 Å². The van der Waals surface area contributed by atoms with Crippen LogP contribution >= 0.6 is 0 Å². The van der Waals surface area contributed by atoms with Crippen molar-refractivity contribution in [2.45, 2.75) is 12.5 Å². The Hall–Kier alpha value is -3.36. The van der Waals surface area contributed by atoms with Gasteiger partial charge < -0.3 is 24.8 Å². The predicted molar refractivity (Wildman–Crippen MR) is 95.7 cm³/mol. The Morgan fingerprint density at radius 2 is 1.89 bits per heavy atom. The van der Waals surface area contributed by atoms with Gasteiger partial charge in [0.15, 0.2) is 11.6 Å². The predicted octanol–water partition coefficient (Wildman–Crippen LogP) is 3.41. The van der Waals surface area contributed by atoms with Crippen molar-refractivity contribution in [1.82, 2.24) is 5.32 Å². The normalized spacial score (nSPS) is 15.1. The lowest BCUT2D eigenvalue weighted by atomic mass is 9.96. The molecule has 1 heterocycles. The third kappa shape index (κ3) is 3.83. The molecule has 0 bridgehead atoms. The van der Waals surface area contributed by atoms with E-state index in [4.69, 9.17) is 9.47 Å². The lowest BCUT2D eigenvalue weighted by molar-refractivity contribution is 0.102. The van der Waals surface area contributed by atoms with Gasteiger partial charge in [-0.05, 0) is 24.3 Å². The van der Waals surface area contributed by atoms with E-state index in [1.807, 2.05) is 0 Å². The van der Waals surface area contributed by atoms with Crippen molar-refractivity contribution in [1.29, 1.82) is 0 Å². The second-order valence-electron chi connectivity index (χ2n) is 5.97. The van der Waals surface area contributed by atoms with Gasteiger partial charge >= 0.3 is 6.09 Å². The molecule has 1 aliphatic heterocycles.